The van der Waals surface area contributed by atoms with E-state index in [0.717, 1.165) is 49.8 Å². The highest BCUT2D eigenvalue weighted by molar-refractivity contribution is 9.10. The molecule has 1 saturated carbocycles. The molecule has 0 radical (unpaired) electrons. The summed E-state index contributed by atoms with van der Waals surface area (Å²) < 4.78 is 7.42. The molecule has 5 atom stereocenters. The van der Waals surface area contributed by atoms with E-state index in [4.69, 9.17) is 4.74 Å². The van der Waals surface area contributed by atoms with E-state index in [1.54, 1.807) is 4.90 Å². The molecule has 3 amide bonds. The highest BCUT2D eigenvalue weighted by atomic mass is 79.9. The van der Waals surface area contributed by atoms with Crippen LogP contribution in [0.4, 0.5) is 5.69 Å². The molecule has 2 aromatic carbocycles. The molecule has 0 aromatic heterocycles. The van der Waals surface area contributed by atoms with Crippen LogP contribution in [0.15, 0.2) is 71.2 Å². The number of benzene rings is 2. The van der Waals surface area contributed by atoms with Crippen LogP contribution < -0.4 is 10.6 Å². The fourth-order valence-electron chi connectivity index (χ4n) is 7.45. The summed E-state index contributed by atoms with van der Waals surface area (Å²) in [7, 11) is 0. The van der Waals surface area contributed by atoms with Crippen LogP contribution in [0.5, 0.6) is 0 Å². The van der Waals surface area contributed by atoms with Gasteiger partial charge in [0.15, 0.2) is 0 Å². The van der Waals surface area contributed by atoms with Gasteiger partial charge in [0.2, 0.25) is 17.7 Å². The second-order valence-corrected chi connectivity index (χ2v) is 13.2. The Morgan fingerprint density at radius 3 is 2.51 bits per heavy atom. The first-order chi connectivity index (χ1) is 20.9. The van der Waals surface area contributed by atoms with Gasteiger partial charge < -0.3 is 20.3 Å². The fourth-order valence-corrected chi connectivity index (χ4v) is 7.71. The van der Waals surface area contributed by atoms with Gasteiger partial charge in [0, 0.05) is 35.8 Å². The Bertz CT molecular complexity index is 1350. The average Bonchev–Trinajstić information content (AvgIpc) is 3.66. The second-order valence-electron chi connectivity index (χ2n) is 12.3. The zero-order valence-electron chi connectivity index (χ0n) is 24.7. The predicted octanol–water partition coefficient (Wildman–Crippen LogP) is 4.90. The lowest BCUT2D eigenvalue weighted by atomic mass is 9.74. The van der Waals surface area contributed by atoms with Gasteiger partial charge in [-0.25, -0.2) is 0 Å². The number of ether oxygens (including phenoxy) is 1. The zero-order valence-corrected chi connectivity index (χ0v) is 26.3. The van der Waals surface area contributed by atoms with E-state index >= 15 is 0 Å². The van der Waals surface area contributed by atoms with Gasteiger partial charge in [-0.3, -0.25) is 19.3 Å². The molecular weight excluding hydrogens is 608 g/mol. The number of nitrogens with zero attached hydrogens (tertiary/aromatic N) is 2. The summed E-state index contributed by atoms with van der Waals surface area (Å²) in [6.45, 7) is 5.06. The van der Waals surface area contributed by atoms with Crippen LogP contribution in [-0.4, -0.2) is 70.9 Å². The van der Waals surface area contributed by atoms with E-state index < -0.39 is 29.6 Å². The molecule has 43 heavy (non-hydrogen) atoms. The molecule has 3 aliphatic heterocycles. The van der Waals surface area contributed by atoms with E-state index in [9.17, 15) is 14.4 Å². The summed E-state index contributed by atoms with van der Waals surface area (Å²) >= 11 is 3.43. The quantitative estimate of drug-likeness (QED) is 0.338. The van der Waals surface area contributed by atoms with Crippen molar-refractivity contribution in [3.63, 3.8) is 0 Å². The molecule has 2 N–H and O–H groups in total. The van der Waals surface area contributed by atoms with Crippen LogP contribution in [0.2, 0.25) is 0 Å². The first-order valence-corrected chi connectivity index (χ1v) is 16.5. The molecule has 6 rings (SSSR count). The summed E-state index contributed by atoms with van der Waals surface area (Å²) in [5.74, 6) is -2.05. The molecule has 3 fully saturated rings. The Morgan fingerprint density at radius 2 is 1.79 bits per heavy atom. The standard InChI is InChI=1S/C34H41BrN4O4/c1-2-38(22-23-10-5-3-6-11-23)20-9-21-39-30(32(41)37-25-12-7-4-8-13-25)34-19-18-27(43-34)28(29(34)33(39)42)31(40)36-26-16-14-24(35)15-17-26/h3,5-6,10-11,14-19,25,27-30H,2,4,7-9,12-13,20-22H2,1H3,(H,36,40)(H,37,41)/t27-,28+,29-,30+,34+/m1/s1. The minimum Gasteiger partial charge on any atom is -0.359 e. The third-order valence-electron chi connectivity index (χ3n) is 9.56. The Morgan fingerprint density at radius 1 is 1.05 bits per heavy atom. The van der Waals surface area contributed by atoms with Crippen molar-refractivity contribution in [1.29, 1.82) is 0 Å². The van der Waals surface area contributed by atoms with E-state index in [0.29, 0.717) is 18.7 Å². The van der Waals surface area contributed by atoms with Crippen LogP contribution >= 0.6 is 15.9 Å². The number of rotatable bonds is 11. The molecule has 1 spiro atoms. The van der Waals surface area contributed by atoms with Gasteiger partial charge in [-0.15, -0.1) is 0 Å². The Balaban J connectivity index is 1.22. The largest absolute Gasteiger partial charge is 0.359 e. The highest BCUT2D eigenvalue weighted by Gasteiger charge is 2.72. The van der Waals surface area contributed by atoms with E-state index in [1.807, 2.05) is 54.6 Å². The minimum absolute atomic E-state index is 0.106. The lowest BCUT2D eigenvalue weighted by molar-refractivity contribution is -0.141. The first kappa shape index (κ1) is 30.0. The molecule has 2 saturated heterocycles. The molecule has 2 aromatic rings. The number of carbonyl (C=O) groups is 3. The molecule has 9 heteroatoms. The van der Waals surface area contributed by atoms with Crippen molar-refractivity contribution >= 4 is 39.3 Å². The molecule has 228 valence electrons. The van der Waals surface area contributed by atoms with E-state index in [-0.39, 0.29) is 23.8 Å². The normalized spacial score (nSPS) is 28.0. The van der Waals surface area contributed by atoms with Gasteiger partial charge >= 0.3 is 0 Å². The molecular formula is C34H41BrN4O4. The van der Waals surface area contributed by atoms with Crippen molar-refractivity contribution in [1.82, 2.24) is 15.1 Å². The fraction of sp³-hybridized carbons (Fsp3) is 0.500. The van der Waals surface area contributed by atoms with Crippen molar-refractivity contribution in [3.05, 3.63) is 76.8 Å². The lowest BCUT2D eigenvalue weighted by Crippen LogP contribution is -2.56. The Kier molecular flexibility index (Phi) is 9.03. The van der Waals surface area contributed by atoms with Crippen LogP contribution in [0.25, 0.3) is 0 Å². The molecule has 8 nitrogen and oxygen atoms in total. The van der Waals surface area contributed by atoms with Gasteiger partial charge in [0.25, 0.3) is 0 Å². The Labute approximate surface area is 262 Å². The van der Waals surface area contributed by atoms with Crippen LogP contribution in [0.1, 0.15) is 51.0 Å². The first-order valence-electron chi connectivity index (χ1n) is 15.7. The topological polar surface area (TPSA) is 91.0 Å². The van der Waals surface area contributed by atoms with E-state index in [1.165, 1.54) is 12.0 Å². The summed E-state index contributed by atoms with van der Waals surface area (Å²) in [6, 6.07) is 17.0. The molecule has 0 unspecified atom stereocenters. The number of hydrogen-bond donors (Lipinski definition) is 2. The van der Waals surface area contributed by atoms with Crippen molar-refractivity contribution in [2.24, 2.45) is 11.8 Å². The van der Waals surface area contributed by atoms with Crippen LogP contribution in [0.3, 0.4) is 0 Å². The maximum absolute atomic E-state index is 14.3. The van der Waals surface area contributed by atoms with Crippen molar-refractivity contribution in [2.45, 2.75) is 75.8 Å². The van der Waals surface area contributed by atoms with Gasteiger partial charge in [-0.1, -0.05) is 84.6 Å². The third kappa shape index (κ3) is 6.04. The number of anilines is 1. The second kappa shape index (κ2) is 12.9. The molecule has 2 bridgehead atoms. The maximum atomic E-state index is 14.3. The number of halogens is 1. The smallest absolute Gasteiger partial charge is 0.246 e. The summed E-state index contributed by atoms with van der Waals surface area (Å²) in [5, 5.41) is 6.26. The van der Waals surface area contributed by atoms with Crippen LogP contribution in [-0.2, 0) is 25.7 Å². The minimum atomic E-state index is -1.14. The zero-order chi connectivity index (χ0) is 30.0. The van der Waals surface area contributed by atoms with Crippen molar-refractivity contribution in [2.75, 3.05) is 25.0 Å². The number of nitrogens with one attached hydrogen (secondary N) is 2. The van der Waals surface area contributed by atoms with Gasteiger partial charge in [0.1, 0.15) is 11.6 Å². The summed E-state index contributed by atoms with van der Waals surface area (Å²) in [6.07, 6.45) is 9.21. The third-order valence-corrected chi connectivity index (χ3v) is 10.1. The molecule has 3 heterocycles. The summed E-state index contributed by atoms with van der Waals surface area (Å²) in [5.41, 5.74) is 0.757. The van der Waals surface area contributed by atoms with Crippen LogP contribution in [0, 0.1) is 11.8 Å². The average molecular weight is 650 g/mol. The van der Waals surface area contributed by atoms with Gasteiger partial charge in [-0.05, 0) is 55.6 Å². The number of carbonyl (C=O) groups excluding carboxylic acids is 3. The predicted molar refractivity (Wildman–Crippen MR) is 169 cm³/mol. The maximum Gasteiger partial charge on any atom is 0.246 e. The Hall–Kier alpha value is -3.01. The lowest BCUT2D eigenvalue weighted by Gasteiger charge is -2.34. The van der Waals surface area contributed by atoms with Crippen molar-refractivity contribution < 1.29 is 19.1 Å². The van der Waals surface area contributed by atoms with E-state index in [2.05, 4.69) is 50.5 Å². The molecule has 4 aliphatic rings. The number of likely N-dealkylation sites (tertiary alicyclic amines) is 1. The SMILES string of the molecule is CCN(CCCN1C(=O)[C@H]2[C@@H](C(=O)Nc3ccc(Br)cc3)[C@H]3C=C[C@@]2(O3)[C@@H]1C(=O)NC1CCCCC1)Cc1ccccc1. The monoisotopic (exact) mass is 648 g/mol. The van der Waals surface area contributed by atoms with Gasteiger partial charge in [-0.2, -0.15) is 0 Å². The number of fused-ring (bicyclic) bond motifs is 1. The number of hydrogen-bond acceptors (Lipinski definition) is 5. The van der Waals surface area contributed by atoms with Gasteiger partial charge in [0.05, 0.1) is 17.9 Å². The molecule has 1 aliphatic carbocycles. The van der Waals surface area contributed by atoms with Crippen molar-refractivity contribution in [3.8, 4) is 0 Å². The highest BCUT2D eigenvalue weighted by Crippen LogP contribution is 2.55. The number of amides is 3. The summed E-state index contributed by atoms with van der Waals surface area (Å²) in [4.78, 5) is 46.1.